The lowest BCUT2D eigenvalue weighted by molar-refractivity contribution is -0.0632. The van der Waals surface area contributed by atoms with Gasteiger partial charge in [0.2, 0.25) is 0 Å². The first-order valence-corrected chi connectivity index (χ1v) is 13.5. The predicted molar refractivity (Wildman–Crippen MR) is 140 cm³/mol. The van der Waals surface area contributed by atoms with Crippen LogP contribution in [0.1, 0.15) is 73.1 Å². The highest BCUT2D eigenvalue weighted by Crippen LogP contribution is 2.30. The molecule has 3 rings (SSSR count). The largest absolute Gasteiger partial charge is 0.389 e. The fourth-order valence-electron chi connectivity index (χ4n) is 4.40. The molecular weight excluding hydrogens is 400 g/mol. The molecule has 0 aromatic heterocycles. The average Bonchev–Trinajstić information content (AvgIpc) is 3.07. The quantitative estimate of drug-likeness (QED) is 0.599. The maximum Gasteiger partial charge on any atom is 0.0774 e. The molecule has 1 aliphatic carbocycles. The van der Waals surface area contributed by atoms with E-state index in [9.17, 15) is 5.11 Å². The van der Waals surface area contributed by atoms with Crippen LogP contribution in [-0.4, -0.2) is 123 Å². The monoisotopic (exact) mass is 458 g/mol. The van der Waals surface area contributed by atoms with Gasteiger partial charge >= 0.3 is 0 Å². The number of likely N-dealkylation sites (N-methyl/N-ethyl adjacent to an activating group) is 2. The molecule has 0 spiro atoms. The molecule has 0 unspecified atom stereocenters. The Bertz CT molecular complexity index is 413. The Balaban J connectivity index is 0.000000532. The molecule has 2 aliphatic heterocycles. The molecule has 0 bridgehead atoms. The van der Waals surface area contributed by atoms with Crippen molar-refractivity contribution in [1.29, 1.82) is 0 Å². The van der Waals surface area contributed by atoms with E-state index >= 15 is 0 Å². The predicted octanol–water partition coefficient (Wildman–Crippen LogP) is 3.64. The van der Waals surface area contributed by atoms with Crippen LogP contribution in [0.25, 0.3) is 0 Å². The topological polar surface area (TPSA) is 42.4 Å². The van der Waals surface area contributed by atoms with Crippen LogP contribution in [0.15, 0.2) is 0 Å². The van der Waals surface area contributed by atoms with Gasteiger partial charge in [-0.1, -0.05) is 47.5 Å². The number of hydrogen-bond donors (Lipinski definition) is 1. The lowest BCUT2D eigenvalue weighted by Gasteiger charge is -2.36. The molecule has 2 heterocycles. The van der Waals surface area contributed by atoms with Crippen molar-refractivity contribution < 1.29 is 9.84 Å². The average molecular weight is 459 g/mol. The van der Waals surface area contributed by atoms with Gasteiger partial charge in [0.15, 0.2) is 0 Å². The highest BCUT2D eigenvalue weighted by molar-refractivity contribution is 4.87. The van der Waals surface area contributed by atoms with E-state index in [0.29, 0.717) is 0 Å². The molecule has 1 N–H and O–H groups in total. The maximum atomic E-state index is 10.4. The summed E-state index contributed by atoms with van der Waals surface area (Å²) in [6, 6.07) is 0.733. The molecule has 1 saturated carbocycles. The molecule has 6 nitrogen and oxygen atoms in total. The number of nitrogens with zero attached hydrogens (tertiary/aromatic N) is 4. The Morgan fingerprint density at radius 3 is 2.00 bits per heavy atom. The van der Waals surface area contributed by atoms with Gasteiger partial charge in [-0.2, -0.15) is 0 Å². The second-order valence-corrected chi connectivity index (χ2v) is 9.39. The first kappa shape index (κ1) is 31.8. The fourth-order valence-corrected chi connectivity index (χ4v) is 4.40. The Morgan fingerprint density at radius 2 is 1.50 bits per heavy atom. The van der Waals surface area contributed by atoms with Crippen molar-refractivity contribution in [2.45, 2.75) is 84.8 Å². The van der Waals surface area contributed by atoms with Gasteiger partial charge in [0.05, 0.1) is 24.9 Å². The van der Waals surface area contributed by atoms with E-state index in [0.717, 1.165) is 58.3 Å². The molecule has 2 saturated heterocycles. The Labute approximate surface area is 201 Å². The summed E-state index contributed by atoms with van der Waals surface area (Å²) in [5.74, 6) is 0. The third-order valence-corrected chi connectivity index (χ3v) is 6.35. The van der Waals surface area contributed by atoms with Crippen molar-refractivity contribution in [2.24, 2.45) is 0 Å². The first-order valence-electron chi connectivity index (χ1n) is 13.5. The molecule has 3 aliphatic rings. The summed E-state index contributed by atoms with van der Waals surface area (Å²) < 4.78 is 5.20. The van der Waals surface area contributed by atoms with Gasteiger partial charge in [0, 0.05) is 32.7 Å². The first-order chi connectivity index (χ1) is 15.4. The zero-order chi connectivity index (χ0) is 24.4. The molecule has 0 amide bonds. The molecule has 32 heavy (non-hydrogen) atoms. The van der Waals surface area contributed by atoms with Crippen molar-refractivity contribution in [3.05, 3.63) is 0 Å². The van der Waals surface area contributed by atoms with Crippen LogP contribution in [0.2, 0.25) is 0 Å². The highest BCUT2D eigenvalue weighted by Gasteiger charge is 2.32. The zero-order valence-electron chi connectivity index (χ0n) is 23.0. The van der Waals surface area contributed by atoms with Crippen molar-refractivity contribution in [2.75, 3.05) is 86.7 Å². The van der Waals surface area contributed by atoms with Gasteiger partial charge in [-0.25, -0.2) is 0 Å². The minimum Gasteiger partial charge on any atom is -0.389 e. The number of rotatable bonds is 8. The Hall–Kier alpha value is -0.240. The highest BCUT2D eigenvalue weighted by atomic mass is 16.5. The minimum atomic E-state index is -0.387. The number of ether oxygens (including phenoxy) is 1. The van der Waals surface area contributed by atoms with Crippen LogP contribution < -0.4 is 0 Å². The molecule has 6 heteroatoms. The lowest BCUT2D eigenvalue weighted by atomic mass is 10.0. The summed E-state index contributed by atoms with van der Waals surface area (Å²) in [4.78, 5) is 9.62. The number of aliphatic hydroxyl groups is 1. The zero-order valence-corrected chi connectivity index (χ0v) is 23.0. The second-order valence-electron chi connectivity index (χ2n) is 9.39. The van der Waals surface area contributed by atoms with Crippen molar-refractivity contribution in [3.63, 3.8) is 0 Å². The smallest absolute Gasteiger partial charge is 0.0774 e. The van der Waals surface area contributed by atoms with Crippen molar-refractivity contribution in [1.82, 2.24) is 19.6 Å². The van der Waals surface area contributed by atoms with Crippen LogP contribution in [0.4, 0.5) is 0 Å². The van der Waals surface area contributed by atoms with Gasteiger partial charge in [-0.3, -0.25) is 9.80 Å². The van der Waals surface area contributed by atoms with Gasteiger partial charge < -0.3 is 19.6 Å². The standard InChI is InChI=1S/C13H28N2O.C9H18N2O.2C2H6/c1-4-9-15(11-10-14(2)3)12-13(16)7-5-6-8-13;1-10-3-2-4-11(6-5-10)9-7-12-8-9;2*1-2/h16H,4-12H2,1-3H3;9H,2-8H2,1H3;2*1-2H3. The van der Waals surface area contributed by atoms with Crippen LogP contribution in [0, 0.1) is 0 Å². The van der Waals surface area contributed by atoms with E-state index in [1.165, 1.54) is 51.9 Å². The summed E-state index contributed by atoms with van der Waals surface area (Å²) in [6.07, 6.45) is 6.87. The van der Waals surface area contributed by atoms with Crippen LogP contribution in [0.5, 0.6) is 0 Å². The van der Waals surface area contributed by atoms with E-state index in [1.807, 2.05) is 27.7 Å². The maximum absolute atomic E-state index is 10.4. The number of hydrogen-bond acceptors (Lipinski definition) is 6. The summed E-state index contributed by atoms with van der Waals surface area (Å²) in [7, 11) is 6.42. The molecule has 0 atom stereocenters. The van der Waals surface area contributed by atoms with E-state index in [-0.39, 0.29) is 5.60 Å². The van der Waals surface area contributed by atoms with Gasteiger partial charge in [0.25, 0.3) is 0 Å². The fraction of sp³-hybridized carbons (Fsp3) is 1.00. The summed E-state index contributed by atoms with van der Waals surface area (Å²) in [6.45, 7) is 21.2. The summed E-state index contributed by atoms with van der Waals surface area (Å²) in [5.41, 5.74) is -0.387. The van der Waals surface area contributed by atoms with Crippen molar-refractivity contribution >= 4 is 0 Å². The Morgan fingerprint density at radius 1 is 0.875 bits per heavy atom. The third kappa shape index (κ3) is 13.5. The molecule has 194 valence electrons. The van der Waals surface area contributed by atoms with E-state index in [2.05, 4.69) is 47.7 Å². The van der Waals surface area contributed by atoms with Crippen LogP contribution in [-0.2, 0) is 4.74 Å². The van der Waals surface area contributed by atoms with Gasteiger partial charge in [0.1, 0.15) is 0 Å². The summed E-state index contributed by atoms with van der Waals surface area (Å²) >= 11 is 0. The van der Waals surface area contributed by atoms with Crippen LogP contribution in [0.3, 0.4) is 0 Å². The van der Waals surface area contributed by atoms with E-state index < -0.39 is 0 Å². The van der Waals surface area contributed by atoms with Crippen LogP contribution >= 0.6 is 0 Å². The summed E-state index contributed by atoms with van der Waals surface area (Å²) in [5, 5.41) is 10.4. The third-order valence-electron chi connectivity index (χ3n) is 6.35. The van der Waals surface area contributed by atoms with Gasteiger partial charge in [-0.05, 0) is 66.5 Å². The molecule has 3 fully saturated rings. The SMILES string of the molecule is CC.CC.CCCN(CCN(C)C)CC1(O)CCCC1.CN1CCCN(C2COC2)CC1. The second kappa shape index (κ2) is 19.1. The minimum absolute atomic E-state index is 0.387. The molecule has 0 aromatic rings. The molecule has 0 aromatic carbocycles. The van der Waals surface area contributed by atoms with Gasteiger partial charge in [-0.15, -0.1) is 0 Å². The van der Waals surface area contributed by atoms with E-state index in [4.69, 9.17) is 4.74 Å². The molecule has 0 radical (unpaired) electrons. The lowest BCUT2D eigenvalue weighted by Crippen LogP contribution is -2.50. The molecular formula is C26H58N4O2. The normalized spacial score (nSPS) is 21.5. The van der Waals surface area contributed by atoms with E-state index in [1.54, 1.807) is 0 Å². The van der Waals surface area contributed by atoms with Crippen molar-refractivity contribution in [3.8, 4) is 0 Å². The Kier molecular flexibility index (Phi) is 19.0.